The second-order valence-corrected chi connectivity index (χ2v) is 12.5. The molecule has 2 N–H and O–H groups in total. The molecule has 40 heavy (non-hydrogen) atoms. The number of anilines is 1. The summed E-state index contributed by atoms with van der Waals surface area (Å²) in [6, 6.07) is 8.69. The van der Waals surface area contributed by atoms with Crippen LogP contribution in [0.4, 0.5) is 23.7 Å². The second-order valence-electron chi connectivity index (χ2n) is 12.5. The second kappa shape index (κ2) is 10.9. The minimum Gasteiger partial charge on any atom is -0.444 e. The van der Waals surface area contributed by atoms with Gasteiger partial charge in [0.2, 0.25) is 5.91 Å². The Hall–Kier alpha value is -3.30. The number of carbonyl (C=O) groups excluding carboxylic acids is 2. The van der Waals surface area contributed by atoms with Gasteiger partial charge in [-0.05, 0) is 69.7 Å². The molecule has 10 heteroatoms. The van der Waals surface area contributed by atoms with E-state index in [4.69, 9.17) is 4.74 Å². The summed E-state index contributed by atoms with van der Waals surface area (Å²) in [6.45, 7) is 9.52. The third kappa shape index (κ3) is 6.53. The number of alkyl halides is 3. The maximum atomic E-state index is 14.3. The highest BCUT2D eigenvalue weighted by Gasteiger charge is 2.48. The van der Waals surface area contributed by atoms with Gasteiger partial charge < -0.3 is 20.3 Å². The third-order valence-corrected chi connectivity index (χ3v) is 7.96. The Morgan fingerprint density at radius 1 is 1.10 bits per heavy atom. The lowest BCUT2D eigenvalue weighted by molar-refractivity contribution is -0.191. The molecule has 4 atom stereocenters. The summed E-state index contributed by atoms with van der Waals surface area (Å²) in [5, 5.41) is 6.17. The standard InChI is InChI=1S/C30H39F3N4O3/c1-28(2,3)40-27(39)36-20-12-11-19(15-20)26(38)37(6)25(30(31,32)33)23-14-13-21(17-34-23)35-24-16-18-9-7-8-10-22(18)29(24,4)5/h7-10,13-14,17,19-20,24-25,35H,11-12,15-16H2,1-6H3,(H,36,39)/t19-,20+,24+,25+/m1/s1. The molecule has 0 bridgehead atoms. The van der Waals surface area contributed by atoms with Gasteiger partial charge in [0.25, 0.3) is 0 Å². The van der Waals surface area contributed by atoms with Gasteiger partial charge in [-0.3, -0.25) is 9.78 Å². The Balaban J connectivity index is 1.42. The van der Waals surface area contributed by atoms with Gasteiger partial charge in [0.15, 0.2) is 6.04 Å². The minimum atomic E-state index is -4.71. The van der Waals surface area contributed by atoms with Gasteiger partial charge in [-0.2, -0.15) is 13.2 Å². The van der Waals surface area contributed by atoms with Crippen molar-refractivity contribution in [1.29, 1.82) is 0 Å². The molecule has 2 aliphatic carbocycles. The highest BCUT2D eigenvalue weighted by atomic mass is 19.4. The SMILES string of the molecule is CN(C(=O)[C@@H]1CC[C@H](NC(=O)OC(C)(C)C)C1)[C@@H](c1ccc(N[C@H]2Cc3ccccc3C2(C)C)cn1)C(F)(F)F. The molecule has 1 aromatic heterocycles. The number of fused-ring (bicyclic) bond motifs is 1. The third-order valence-electron chi connectivity index (χ3n) is 7.96. The summed E-state index contributed by atoms with van der Waals surface area (Å²) in [4.78, 5) is 30.2. The molecule has 1 saturated carbocycles. The van der Waals surface area contributed by atoms with Crippen molar-refractivity contribution in [2.75, 3.05) is 12.4 Å². The van der Waals surface area contributed by atoms with Crippen molar-refractivity contribution in [3.05, 3.63) is 59.4 Å². The Kier molecular flexibility index (Phi) is 8.11. The normalized spacial score (nSPS) is 22.8. The molecule has 218 valence electrons. The van der Waals surface area contributed by atoms with E-state index in [1.165, 1.54) is 30.4 Å². The van der Waals surface area contributed by atoms with Crippen LogP contribution in [0, 0.1) is 5.92 Å². The van der Waals surface area contributed by atoms with Crippen LogP contribution in [-0.2, 0) is 21.4 Å². The number of nitrogens with zero attached hydrogens (tertiary/aromatic N) is 2. The molecular weight excluding hydrogens is 521 g/mol. The number of alkyl carbamates (subject to hydrolysis) is 1. The van der Waals surface area contributed by atoms with E-state index in [0.29, 0.717) is 18.5 Å². The zero-order chi connectivity index (χ0) is 29.5. The van der Waals surface area contributed by atoms with E-state index >= 15 is 0 Å². The number of aromatic nitrogens is 1. The first kappa shape index (κ1) is 29.7. The van der Waals surface area contributed by atoms with E-state index in [1.807, 2.05) is 12.1 Å². The Labute approximate surface area is 233 Å². The van der Waals surface area contributed by atoms with Gasteiger partial charge in [-0.15, -0.1) is 0 Å². The van der Waals surface area contributed by atoms with Crippen molar-refractivity contribution in [2.45, 2.75) is 95.6 Å². The lowest BCUT2D eigenvalue weighted by Gasteiger charge is -2.32. The predicted octanol–water partition coefficient (Wildman–Crippen LogP) is 6.15. The van der Waals surface area contributed by atoms with Crippen LogP contribution in [0.5, 0.6) is 0 Å². The van der Waals surface area contributed by atoms with Crippen LogP contribution in [0.15, 0.2) is 42.6 Å². The smallest absolute Gasteiger partial charge is 0.414 e. The van der Waals surface area contributed by atoms with Crippen molar-refractivity contribution >= 4 is 17.7 Å². The van der Waals surface area contributed by atoms with Crippen LogP contribution < -0.4 is 10.6 Å². The number of pyridine rings is 1. The van der Waals surface area contributed by atoms with E-state index in [9.17, 15) is 22.8 Å². The van der Waals surface area contributed by atoms with Crippen LogP contribution in [0.25, 0.3) is 0 Å². The zero-order valence-corrected chi connectivity index (χ0v) is 23.9. The molecule has 0 saturated heterocycles. The maximum absolute atomic E-state index is 14.3. The molecule has 1 fully saturated rings. The van der Waals surface area contributed by atoms with Crippen LogP contribution in [0.2, 0.25) is 0 Å². The largest absolute Gasteiger partial charge is 0.444 e. The Morgan fingerprint density at radius 2 is 1.80 bits per heavy atom. The first-order chi connectivity index (χ1) is 18.6. The molecule has 0 spiro atoms. The Morgan fingerprint density at radius 3 is 2.40 bits per heavy atom. The lowest BCUT2D eigenvalue weighted by Crippen LogP contribution is -2.43. The average molecular weight is 561 g/mol. The van der Waals surface area contributed by atoms with E-state index in [-0.39, 0.29) is 29.6 Å². The number of halogens is 3. The van der Waals surface area contributed by atoms with Gasteiger partial charge in [-0.1, -0.05) is 38.1 Å². The number of benzene rings is 1. The molecule has 0 unspecified atom stereocenters. The van der Waals surface area contributed by atoms with Crippen LogP contribution in [0.1, 0.15) is 76.7 Å². The fourth-order valence-electron chi connectivity index (χ4n) is 5.89. The monoisotopic (exact) mass is 560 g/mol. The van der Waals surface area contributed by atoms with Gasteiger partial charge in [0, 0.05) is 30.5 Å². The zero-order valence-electron chi connectivity index (χ0n) is 23.9. The average Bonchev–Trinajstić information content (AvgIpc) is 3.40. The first-order valence-electron chi connectivity index (χ1n) is 13.7. The van der Waals surface area contributed by atoms with E-state index in [0.717, 1.165) is 11.3 Å². The van der Waals surface area contributed by atoms with Gasteiger partial charge in [0.05, 0.1) is 17.6 Å². The number of hydrogen-bond donors (Lipinski definition) is 2. The first-order valence-corrected chi connectivity index (χ1v) is 13.7. The molecule has 2 aliphatic rings. The van der Waals surface area contributed by atoms with Gasteiger partial charge in [-0.25, -0.2) is 4.79 Å². The highest BCUT2D eigenvalue weighted by molar-refractivity contribution is 5.80. The molecule has 1 aromatic carbocycles. The van der Waals surface area contributed by atoms with Crippen LogP contribution in [0.3, 0.4) is 0 Å². The molecule has 2 aromatic rings. The van der Waals surface area contributed by atoms with Crippen LogP contribution >= 0.6 is 0 Å². The van der Waals surface area contributed by atoms with E-state index < -0.39 is 35.7 Å². The number of hydrogen-bond acceptors (Lipinski definition) is 5. The summed E-state index contributed by atoms with van der Waals surface area (Å²) in [5.41, 5.74) is 2.05. The summed E-state index contributed by atoms with van der Waals surface area (Å²) in [7, 11) is 1.17. The molecular formula is C30H39F3N4O3. The lowest BCUT2D eigenvalue weighted by atomic mass is 9.83. The molecule has 7 nitrogen and oxygen atoms in total. The molecule has 0 radical (unpaired) electrons. The quantitative estimate of drug-likeness (QED) is 0.443. The number of amides is 2. The van der Waals surface area contributed by atoms with Crippen molar-refractivity contribution in [1.82, 2.24) is 15.2 Å². The highest BCUT2D eigenvalue weighted by Crippen LogP contribution is 2.41. The topological polar surface area (TPSA) is 83.6 Å². The molecule has 4 rings (SSSR count). The molecule has 0 aliphatic heterocycles. The van der Waals surface area contributed by atoms with Crippen molar-refractivity contribution in [3.63, 3.8) is 0 Å². The minimum absolute atomic E-state index is 0.0600. The van der Waals surface area contributed by atoms with Crippen LogP contribution in [-0.4, -0.2) is 52.8 Å². The Bertz CT molecular complexity index is 1220. The maximum Gasteiger partial charge on any atom is 0.414 e. The van der Waals surface area contributed by atoms with Crippen molar-refractivity contribution in [2.24, 2.45) is 5.92 Å². The van der Waals surface area contributed by atoms with Gasteiger partial charge in [0.1, 0.15) is 5.60 Å². The van der Waals surface area contributed by atoms with Crippen molar-refractivity contribution in [3.8, 4) is 0 Å². The summed E-state index contributed by atoms with van der Waals surface area (Å²) >= 11 is 0. The molecule has 1 heterocycles. The number of carbonyl (C=O) groups is 2. The molecule has 2 amide bonds. The summed E-state index contributed by atoms with van der Waals surface area (Å²) in [5.74, 6) is -1.26. The fourth-order valence-corrected chi connectivity index (χ4v) is 5.89. The summed E-state index contributed by atoms with van der Waals surface area (Å²) in [6.07, 6.45) is -1.99. The number of rotatable bonds is 6. The van der Waals surface area contributed by atoms with E-state index in [2.05, 4.69) is 41.6 Å². The fraction of sp³-hybridized carbons (Fsp3) is 0.567. The number of nitrogens with one attached hydrogen (secondary N) is 2. The summed E-state index contributed by atoms with van der Waals surface area (Å²) < 4.78 is 48.1. The van der Waals surface area contributed by atoms with E-state index in [1.54, 1.807) is 26.8 Å². The van der Waals surface area contributed by atoms with Crippen molar-refractivity contribution < 1.29 is 27.5 Å². The van der Waals surface area contributed by atoms with Gasteiger partial charge >= 0.3 is 12.3 Å². The number of ether oxygens (including phenoxy) is 1. The predicted molar refractivity (Wildman–Crippen MR) is 147 cm³/mol.